The van der Waals surface area contributed by atoms with Crippen molar-refractivity contribution in [3.05, 3.63) is 77.9 Å². The number of phenols is 1. The molecule has 0 fully saturated rings. The molecule has 0 atom stereocenters. The fourth-order valence-corrected chi connectivity index (χ4v) is 3.23. The molecule has 0 saturated heterocycles. The highest BCUT2D eigenvalue weighted by Crippen LogP contribution is 2.32. The lowest BCUT2D eigenvalue weighted by atomic mass is 10.0. The maximum atomic E-state index is 12.0. The number of nitrogens with zero attached hydrogens (tertiary/aromatic N) is 4. The van der Waals surface area contributed by atoms with Crippen LogP contribution >= 0.6 is 0 Å². The van der Waals surface area contributed by atoms with E-state index in [-0.39, 0.29) is 28.5 Å². The smallest absolute Gasteiger partial charge is 0.339 e. The number of hydrogen-bond acceptors (Lipinski definition) is 8. The molecule has 162 valence electrons. The van der Waals surface area contributed by atoms with Crippen LogP contribution in [-0.4, -0.2) is 40.2 Å². The van der Waals surface area contributed by atoms with E-state index in [0.717, 1.165) is 5.56 Å². The van der Waals surface area contributed by atoms with Crippen LogP contribution in [0.15, 0.2) is 66.7 Å². The summed E-state index contributed by atoms with van der Waals surface area (Å²) in [6.07, 6.45) is 0. The van der Waals surface area contributed by atoms with Crippen LogP contribution in [0.2, 0.25) is 0 Å². The Bertz CT molecular complexity index is 1380. The summed E-state index contributed by atoms with van der Waals surface area (Å²) in [6.45, 7) is 0. The molecular formula is C25H18N4O4. The molecule has 0 aliphatic carbocycles. The van der Waals surface area contributed by atoms with Crippen molar-refractivity contribution in [3.63, 3.8) is 0 Å². The second-order valence-corrected chi connectivity index (χ2v) is 6.92. The Morgan fingerprint density at radius 3 is 2.21 bits per heavy atom. The maximum Gasteiger partial charge on any atom is 0.339 e. The number of carbonyl (C=O) groups excluding carboxylic acids is 1. The minimum Gasteiger partial charge on any atom is -0.507 e. The van der Waals surface area contributed by atoms with Gasteiger partial charge in [0, 0.05) is 17.2 Å². The van der Waals surface area contributed by atoms with Gasteiger partial charge in [-0.3, -0.25) is 0 Å². The molecule has 0 bridgehead atoms. The lowest BCUT2D eigenvalue weighted by Crippen LogP contribution is -2.05. The molecule has 8 nitrogen and oxygen atoms in total. The Morgan fingerprint density at radius 2 is 1.58 bits per heavy atom. The van der Waals surface area contributed by atoms with Gasteiger partial charge in [0.2, 0.25) is 0 Å². The summed E-state index contributed by atoms with van der Waals surface area (Å²) in [7, 11) is 2.76. The Hall–Kier alpha value is -4.77. The van der Waals surface area contributed by atoms with Gasteiger partial charge in [-0.1, -0.05) is 36.4 Å². The van der Waals surface area contributed by atoms with Crippen molar-refractivity contribution < 1.29 is 19.4 Å². The minimum absolute atomic E-state index is 0.0516. The van der Waals surface area contributed by atoms with Crippen molar-refractivity contribution in [2.24, 2.45) is 0 Å². The molecule has 0 saturated carbocycles. The SMILES string of the molecule is COC(=O)c1ccc(-c2nc(-c3ccccc3)nc(-c3ccc(OC)cc3O)n2)cc1C#N. The molecule has 8 heteroatoms. The monoisotopic (exact) mass is 438 g/mol. The third-order valence-corrected chi connectivity index (χ3v) is 4.92. The number of methoxy groups -OCH3 is 2. The van der Waals surface area contributed by atoms with Gasteiger partial charge in [0.05, 0.1) is 30.9 Å². The van der Waals surface area contributed by atoms with Gasteiger partial charge in [0.15, 0.2) is 17.5 Å². The molecular weight excluding hydrogens is 420 g/mol. The van der Waals surface area contributed by atoms with Crippen LogP contribution in [0.1, 0.15) is 15.9 Å². The number of aromatic hydroxyl groups is 1. The highest BCUT2D eigenvalue weighted by Gasteiger charge is 2.18. The summed E-state index contributed by atoms with van der Waals surface area (Å²) in [5.74, 6) is 0.746. The molecule has 1 N–H and O–H groups in total. The second kappa shape index (κ2) is 9.16. The van der Waals surface area contributed by atoms with E-state index in [1.54, 1.807) is 18.2 Å². The first-order valence-electron chi connectivity index (χ1n) is 9.85. The fourth-order valence-electron chi connectivity index (χ4n) is 3.23. The van der Waals surface area contributed by atoms with Gasteiger partial charge in [-0.05, 0) is 24.3 Å². The van der Waals surface area contributed by atoms with Crippen LogP contribution in [0, 0.1) is 11.3 Å². The number of phenolic OH excluding ortho intramolecular Hbond substituents is 1. The van der Waals surface area contributed by atoms with E-state index in [9.17, 15) is 15.2 Å². The minimum atomic E-state index is -0.609. The predicted octanol–water partition coefficient (Wildman–Crippen LogP) is 4.25. The summed E-state index contributed by atoms with van der Waals surface area (Å²) in [4.78, 5) is 25.6. The number of carbonyl (C=O) groups is 1. The number of hydrogen-bond donors (Lipinski definition) is 1. The van der Waals surface area contributed by atoms with Crippen LogP contribution < -0.4 is 4.74 Å². The van der Waals surface area contributed by atoms with Crippen molar-refractivity contribution >= 4 is 5.97 Å². The van der Waals surface area contributed by atoms with Crippen LogP contribution in [0.3, 0.4) is 0 Å². The van der Waals surface area contributed by atoms with Gasteiger partial charge in [0.25, 0.3) is 0 Å². The molecule has 4 rings (SSSR count). The Balaban J connectivity index is 1.91. The lowest BCUT2D eigenvalue weighted by molar-refractivity contribution is 0.0600. The summed E-state index contributed by atoms with van der Waals surface area (Å²) < 4.78 is 9.90. The quantitative estimate of drug-likeness (QED) is 0.460. The highest BCUT2D eigenvalue weighted by atomic mass is 16.5. The first kappa shape index (κ1) is 21.5. The van der Waals surface area contributed by atoms with Crippen LogP contribution in [-0.2, 0) is 4.74 Å². The first-order chi connectivity index (χ1) is 16.0. The normalized spacial score (nSPS) is 10.3. The van der Waals surface area contributed by atoms with E-state index in [1.165, 1.54) is 32.4 Å². The summed E-state index contributed by atoms with van der Waals surface area (Å²) in [6, 6.07) is 20.8. The summed E-state index contributed by atoms with van der Waals surface area (Å²) >= 11 is 0. The van der Waals surface area contributed by atoms with E-state index in [4.69, 9.17) is 9.47 Å². The third kappa shape index (κ3) is 4.34. The van der Waals surface area contributed by atoms with Gasteiger partial charge in [-0.15, -0.1) is 0 Å². The molecule has 0 radical (unpaired) electrons. The fraction of sp³-hybridized carbons (Fsp3) is 0.0800. The van der Waals surface area contributed by atoms with E-state index < -0.39 is 5.97 Å². The van der Waals surface area contributed by atoms with Gasteiger partial charge in [-0.25, -0.2) is 19.7 Å². The van der Waals surface area contributed by atoms with Crippen molar-refractivity contribution in [2.45, 2.75) is 0 Å². The molecule has 33 heavy (non-hydrogen) atoms. The number of aromatic nitrogens is 3. The standard InChI is InChI=1S/C25H18N4O4/c1-32-18-9-11-20(21(30)13-18)24-28-22(15-6-4-3-5-7-15)27-23(29-24)16-8-10-19(25(31)33-2)17(12-16)14-26/h3-13,30H,1-2H3. The molecule has 3 aromatic carbocycles. The molecule has 0 amide bonds. The zero-order valence-corrected chi connectivity index (χ0v) is 17.8. The van der Waals surface area contributed by atoms with Crippen molar-refractivity contribution in [2.75, 3.05) is 14.2 Å². The molecule has 1 aromatic heterocycles. The molecule has 0 aliphatic heterocycles. The average molecular weight is 438 g/mol. The lowest BCUT2D eigenvalue weighted by Gasteiger charge is -2.11. The van der Waals surface area contributed by atoms with E-state index in [2.05, 4.69) is 15.0 Å². The summed E-state index contributed by atoms with van der Waals surface area (Å²) in [5, 5.41) is 20.1. The van der Waals surface area contributed by atoms with Gasteiger partial charge >= 0.3 is 5.97 Å². The first-order valence-corrected chi connectivity index (χ1v) is 9.85. The van der Waals surface area contributed by atoms with E-state index in [0.29, 0.717) is 22.7 Å². The largest absolute Gasteiger partial charge is 0.507 e. The maximum absolute atomic E-state index is 12.0. The number of nitriles is 1. The average Bonchev–Trinajstić information content (AvgIpc) is 2.87. The molecule has 4 aromatic rings. The number of rotatable bonds is 5. The summed E-state index contributed by atoms with van der Waals surface area (Å²) in [5.41, 5.74) is 1.93. The van der Waals surface area contributed by atoms with Crippen molar-refractivity contribution in [1.29, 1.82) is 5.26 Å². The van der Waals surface area contributed by atoms with Crippen molar-refractivity contribution in [1.82, 2.24) is 15.0 Å². The molecule has 1 heterocycles. The number of ether oxygens (including phenoxy) is 2. The molecule has 0 unspecified atom stereocenters. The predicted molar refractivity (Wildman–Crippen MR) is 120 cm³/mol. The third-order valence-electron chi connectivity index (χ3n) is 4.92. The highest BCUT2D eigenvalue weighted by molar-refractivity contribution is 5.93. The van der Waals surface area contributed by atoms with Crippen molar-refractivity contribution in [3.8, 4) is 51.7 Å². The Kier molecular flexibility index (Phi) is 5.96. The van der Waals surface area contributed by atoms with Crippen LogP contribution in [0.25, 0.3) is 34.2 Å². The van der Waals surface area contributed by atoms with E-state index in [1.807, 2.05) is 36.4 Å². The van der Waals surface area contributed by atoms with Gasteiger partial charge in [0.1, 0.15) is 17.6 Å². The van der Waals surface area contributed by atoms with Crippen LogP contribution in [0.4, 0.5) is 0 Å². The topological polar surface area (TPSA) is 118 Å². The Morgan fingerprint density at radius 1 is 0.879 bits per heavy atom. The second-order valence-electron chi connectivity index (χ2n) is 6.92. The van der Waals surface area contributed by atoms with E-state index >= 15 is 0 Å². The van der Waals surface area contributed by atoms with Gasteiger partial charge < -0.3 is 14.6 Å². The van der Waals surface area contributed by atoms with Crippen LogP contribution in [0.5, 0.6) is 11.5 Å². The Labute approximate surface area is 189 Å². The number of esters is 1. The number of benzene rings is 3. The molecule has 0 aliphatic rings. The zero-order chi connectivity index (χ0) is 23.4. The zero-order valence-electron chi connectivity index (χ0n) is 17.8. The van der Waals surface area contributed by atoms with Gasteiger partial charge in [-0.2, -0.15) is 5.26 Å². The molecule has 0 spiro atoms.